The van der Waals surface area contributed by atoms with Crippen LogP contribution >= 0.6 is 0 Å². The summed E-state index contributed by atoms with van der Waals surface area (Å²) in [6.45, 7) is 2.42. The Morgan fingerprint density at radius 2 is 2.33 bits per heavy atom. The average molecular weight is 247 g/mol. The van der Waals surface area contributed by atoms with Gasteiger partial charge in [0.25, 0.3) is 5.56 Å². The molecule has 0 saturated heterocycles. The normalized spacial score (nSPS) is 11.7. The van der Waals surface area contributed by atoms with E-state index in [4.69, 9.17) is 10.9 Å². The second-order valence-corrected chi connectivity index (χ2v) is 3.59. The van der Waals surface area contributed by atoms with Gasteiger partial charge in [0.05, 0.1) is 5.69 Å². The molecule has 3 N–H and O–H groups in total. The van der Waals surface area contributed by atoms with Crippen LogP contribution in [0.15, 0.2) is 40.7 Å². The van der Waals surface area contributed by atoms with Crippen molar-refractivity contribution in [1.29, 1.82) is 0 Å². The summed E-state index contributed by atoms with van der Waals surface area (Å²) in [6.07, 6.45) is 4.78. The summed E-state index contributed by atoms with van der Waals surface area (Å²) < 4.78 is 3.02. The molecule has 0 radical (unpaired) electrons. The summed E-state index contributed by atoms with van der Waals surface area (Å²) in [5, 5.41) is 11.6. The van der Waals surface area contributed by atoms with Gasteiger partial charge in [-0.2, -0.15) is 0 Å². The molecule has 2 rings (SSSR count). The van der Waals surface area contributed by atoms with Crippen molar-refractivity contribution in [3.63, 3.8) is 0 Å². The molecule has 0 amide bonds. The Balaban J connectivity index is 2.64. The Labute approximate surface area is 103 Å². The third-order valence-corrected chi connectivity index (χ3v) is 2.58. The number of aryl methyl sites for hydroxylation is 1. The smallest absolute Gasteiger partial charge is 0.294 e. The van der Waals surface area contributed by atoms with E-state index in [1.807, 2.05) is 6.92 Å². The quantitative estimate of drug-likeness (QED) is 0.349. The molecule has 7 nitrogen and oxygen atoms in total. The van der Waals surface area contributed by atoms with E-state index >= 15 is 0 Å². The maximum atomic E-state index is 12.1. The number of hydrogen-bond donors (Lipinski definition) is 2. The van der Waals surface area contributed by atoms with Gasteiger partial charge in [-0.15, -0.1) is 0 Å². The van der Waals surface area contributed by atoms with Gasteiger partial charge in [0.15, 0.2) is 5.84 Å². The molecule has 0 spiro atoms. The monoisotopic (exact) mass is 247 g/mol. The molecule has 2 aromatic rings. The molecule has 2 aromatic heterocycles. The van der Waals surface area contributed by atoms with Gasteiger partial charge >= 0.3 is 0 Å². The van der Waals surface area contributed by atoms with Crippen LogP contribution in [-0.2, 0) is 6.54 Å². The first-order chi connectivity index (χ1) is 8.69. The fourth-order valence-corrected chi connectivity index (χ4v) is 1.68. The van der Waals surface area contributed by atoms with Crippen molar-refractivity contribution in [2.45, 2.75) is 13.5 Å². The molecule has 7 heteroatoms. The van der Waals surface area contributed by atoms with Gasteiger partial charge in [0.1, 0.15) is 0 Å². The van der Waals surface area contributed by atoms with Crippen LogP contribution < -0.4 is 11.3 Å². The molecular formula is C11H13N5O2. The highest BCUT2D eigenvalue weighted by Crippen LogP contribution is 2.06. The summed E-state index contributed by atoms with van der Waals surface area (Å²) in [5.41, 5.74) is 5.72. The zero-order valence-corrected chi connectivity index (χ0v) is 9.82. The molecule has 0 aliphatic carbocycles. The van der Waals surface area contributed by atoms with Crippen LogP contribution in [0, 0.1) is 0 Å². The maximum Gasteiger partial charge on any atom is 0.294 e. The standard InChI is InChI=1S/C11H13N5O2/c1-2-15-7-5-13-10(11(15)17)16-6-3-4-8(16)9(12)14-18/h3-7,18H,2H2,1H3,(H2,12,14). The van der Waals surface area contributed by atoms with Gasteiger partial charge in [0, 0.05) is 25.1 Å². The molecule has 0 aliphatic rings. The zero-order valence-electron chi connectivity index (χ0n) is 9.82. The third-order valence-electron chi connectivity index (χ3n) is 2.58. The lowest BCUT2D eigenvalue weighted by molar-refractivity contribution is 0.318. The molecule has 0 aromatic carbocycles. The SMILES string of the molecule is CCn1ccnc(-n2cccc2/C(N)=N/O)c1=O. The number of amidine groups is 1. The van der Waals surface area contributed by atoms with E-state index in [9.17, 15) is 4.79 Å². The molecule has 2 heterocycles. The highest BCUT2D eigenvalue weighted by Gasteiger charge is 2.12. The van der Waals surface area contributed by atoms with Crippen molar-refractivity contribution in [3.8, 4) is 5.82 Å². The fraction of sp³-hybridized carbons (Fsp3) is 0.182. The summed E-state index contributed by atoms with van der Waals surface area (Å²) in [7, 11) is 0. The molecule has 18 heavy (non-hydrogen) atoms. The first-order valence-corrected chi connectivity index (χ1v) is 5.40. The van der Waals surface area contributed by atoms with Crippen molar-refractivity contribution in [2.75, 3.05) is 0 Å². The summed E-state index contributed by atoms with van der Waals surface area (Å²) in [6, 6.07) is 3.33. The Bertz CT molecular complexity index is 641. The molecule has 0 atom stereocenters. The Morgan fingerprint density at radius 3 is 3.00 bits per heavy atom. The van der Waals surface area contributed by atoms with Gasteiger partial charge in [0.2, 0.25) is 5.82 Å². The lowest BCUT2D eigenvalue weighted by Crippen LogP contribution is -2.27. The second-order valence-electron chi connectivity index (χ2n) is 3.59. The average Bonchev–Trinajstić information content (AvgIpc) is 2.87. The van der Waals surface area contributed by atoms with Crippen molar-refractivity contribution < 1.29 is 5.21 Å². The highest BCUT2D eigenvalue weighted by atomic mass is 16.4. The highest BCUT2D eigenvalue weighted by molar-refractivity contribution is 5.96. The van der Waals surface area contributed by atoms with Crippen LogP contribution in [0.4, 0.5) is 0 Å². The van der Waals surface area contributed by atoms with E-state index in [1.165, 1.54) is 15.3 Å². The van der Waals surface area contributed by atoms with Crippen LogP contribution in [0.25, 0.3) is 5.82 Å². The van der Waals surface area contributed by atoms with Gasteiger partial charge < -0.3 is 15.5 Å². The largest absolute Gasteiger partial charge is 0.409 e. The summed E-state index contributed by atoms with van der Waals surface area (Å²) in [5.74, 6) is 0.138. The lowest BCUT2D eigenvalue weighted by atomic mass is 10.4. The molecule has 0 aliphatic heterocycles. The second kappa shape index (κ2) is 4.74. The van der Waals surface area contributed by atoms with Crippen molar-refractivity contribution >= 4 is 5.84 Å². The topological polar surface area (TPSA) is 98.4 Å². The zero-order chi connectivity index (χ0) is 13.1. The fourth-order valence-electron chi connectivity index (χ4n) is 1.68. The van der Waals surface area contributed by atoms with Crippen molar-refractivity contribution in [3.05, 3.63) is 46.8 Å². The maximum absolute atomic E-state index is 12.1. The van der Waals surface area contributed by atoms with Crippen LogP contribution in [0.5, 0.6) is 0 Å². The molecule has 0 saturated carbocycles. The van der Waals surface area contributed by atoms with Crippen molar-refractivity contribution in [2.24, 2.45) is 10.9 Å². The van der Waals surface area contributed by atoms with Gasteiger partial charge in [-0.3, -0.25) is 9.36 Å². The Kier molecular flexibility index (Phi) is 3.13. The minimum Gasteiger partial charge on any atom is -0.409 e. The number of aromatic nitrogens is 3. The van der Waals surface area contributed by atoms with E-state index in [2.05, 4.69) is 10.1 Å². The first-order valence-electron chi connectivity index (χ1n) is 5.40. The van der Waals surface area contributed by atoms with E-state index in [0.717, 1.165) is 0 Å². The van der Waals surface area contributed by atoms with Crippen LogP contribution in [0.2, 0.25) is 0 Å². The third kappa shape index (κ3) is 1.86. The number of hydrogen-bond acceptors (Lipinski definition) is 4. The number of rotatable bonds is 3. The molecular weight excluding hydrogens is 234 g/mol. The minimum atomic E-state index is -0.233. The van der Waals surface area contributed by atoms with Crippen molar-refractivity contribution in [1.82, 2.24) is 14.1 Å². The summed E-state index contributed by atoms with van der Waals surface area (Å²) >= 11 is 0. The van der Waals surface area contributed by atoms with Crippen LogP contribution in [0.1, 0.15) is 12.6 Å². The summed E-state index contributed by atoms with van der Waals surface area (Å²) in [4.78, 5) is 16.1. The van der Waals surface area contributed by atoms with Gasteiger partial charge in [-0.25, -0.2) is 4.98 Å². The van der Waals surface area contributed by atoms with E-state index < -0.39 is 0 Å². The van der Waals surface area contributed by atoms with Gasteiger partial charge in [-0.05, 0) is 19.1 Å². The predicted molar refractivity (Wildman–Crippen MR) is 66.0 cm³/mol. The van der Waals surface area contributed by atoms with E-state index in [0.29, 0.717) is 12.2 Å². The number of nitrogens with two attached hydrogens (primary N) is 1. The molecule has 94 valence electrons. The van der Waals surface area contributed by atoms with Gasteiger partial charge in [-0.1, -0.05) is 5.16 Å². The van der Waals surface area contributed by atoms with Crippen LogP contribution in [0.3, 0.4) is 0 Å². The lowest BCUT2D eigenvalue weighted by Gasteiger charge is -2.08. The van der Waals surface area contributed by atoms with Crippen LogP contribution in [-0.4, -0.2) is 25.2 Å². The molecule has 0 unspecified atom stereocenters. The molecule has 0 bridgehead atoms. The van der Waals surface area contributed by atoms with E-state index in [-0.39, 0.29) is 17.2 Å². The Hall–Kier alpha value is -2.57. The number of oxime groups is 1. The first kappa shape index (κ1) is 11.9. The minimum absolute atomic E-state index is 0.0758. The number of nitrogens with zero attached hydrogens (tertiary/aromatic N) is 4. The molecule has 0 fully saturated rings. The Morgan fingerprint density at radius 1 is 1.56 bits per heavy atom. The van der Waals surface area contributed by atoms with E-state index in [1.54, 1.807) is 24.5 Å². The predicted octanol–water partition coefficient (Wildman–Crippen LogP) is 0.148.